The van der Waals surface area contributed by atoms with Crippen molar-refractivity contribution in [3.8, 4) is 6.07 Å². The lowest BCUT2D eigenvalue weighted by atomic mass is 9.86. The van der Waals surface area contributed by atoms with Crippen molar-refractivity contribution in [3.05, 3.63) is 0 Å². The van der Waals surface area contributed by atoms with Gasteiger partial charge in [-0.1, -0.05) is 20.8 Å². The van der Waals surface area contributed by atoms with E-state index < -0.39 is 6.04 Å². The van der Waals surface area contributed by atoms with Gasteiger partial charge in [0.1, 0.15) is 0 Å². The predicted molar refractivity (Wildman–Crippen MR) is 62.3 cm³/mol. The topological polar surface area (TPSA) is 70.1 Å². The molecule has 4 nitrogen and oxygen atoms in total. The minimum atomic E-state index is -0.482. The van der Waals surface area contributed by atoms with Crippen molar-refractivity contribution in [1.29, 1.82) is 5.26 Å². The van der Waals surface area contributed by atoms with E-state index in [0.717, 1.165) is 19.4 Å². The van der Waals surface area contributed by atoms with E-state index in [1.165, 1.54) is 0 Å². The molecule has 0 aromatic rings. The van der Waals surface area contributed by atoms with Crippen molar-refractivity contribution in [2.45, 2.75) is 39.7 Å². The Bertz CT molecular complexity index is 300. The van der Waals surface area contributed by atoms with Crippen LogP contribution in [0, 0.1) is 22.7 Å². The third kappa shape index (κ3) is 2.96. The molecule has 2 N–H and O–H groups in total. The van der Waals surface area contributed by atoms with Gasteiger partial charge in [0.15, 0.2) is 0 Å². The Morgan fingerprint density at radius 3 is 2.69 bits per heavy atom. The van der Waals surface area contributed by atoms with E-state index in [1.807, 2.05) is 20.8 Å². The van der Waals surface area contributed by atoms with Crippen LogP contribution in [-0.4, -0.2) is 29.9 Å². The molecule has 0 aromatic carbocycles. The van der Waals surface area contributed by atoms with Crippen molar-refractivity contribution >= 4 is 5.91 Å². The molecule has 0 aliphatic carbocycles. The first kappa shape index (κ1) is 13.0. The molecule has 16 heavy (non-hydrogen) atoms. The summed E-state index contributed by atoms with van der Waals surface area (Å²) in [4.78, 5) is 13.8. The quantitative estimate of drug-likeness (QED) is 0.724. The zero-order valence-corrected chi connectivity index (χ0v) is 10.4. The van der Waals surface area contributed by atoms with Gasteiger partial charge in [-0.25, -0.2) is 0 Å². The molecule has 0 spiro atoms. The Labute approximate surface area is 97.4 Å². The van der Waals surface area contributed by atoms with Crippen LogP contribution in [0.1, 0.15) is 33.6 Å². The summed E-state index contributed by atoms with van der Waals surface area (Å²) in [7, 11) is 0. The number of nitriles is 1. The summed E-state index contributed by atoms with van der Waals surface area (Å²) in [6.07, 6.45) is 1.80. The van der Waals surface area contributed by atoms with E-state index in [0.29, 0.717) is 6.54 Å². The fourth-order valence-electron chi connectivity index (χ4n) is 1.85. The van der Waals surface area contributed by atoms with Crippen LogP contribution < -0.4 is 5.73 Å². The summed E-state index contributed by atoms with van der Waals surface area (Å²) in [6.45, 7) is 7.16. The third-order valence-corrected chi connectivity index (χ3v) is 3.11. The van der Waals surface area contributed by atoms with Gasteiger partial charge in [0.25, 0.3) is 0 Å². The molecule has 1 heterocycles. The van der Waals surface area contributed by atoms with E-state index in [4.69, 9.17) is 11.0 Å². The number of nitrogens with zero attached hydrogens (tertiary/aromatic N) is 2. The molecular formula is C12H21N3O. The Kier molecular flexibility index (Phi) is 3.93. The van der Waals surface area contributed by atoms with Crippen LogP contribution in [0.2, 0.25) is 0 Å². The zero-order chi connectivity index (χ0) is 12.3. The van der Waals surface area contributed by atoms with Gasteiger partial charge in [0.05, 0.1) is 18.0 Å². The van der Waals surface area contributed by atoms with Gasteiger partial charge in [-0.15, -0.1) is 0 Å². The van der Waals surface area contributed by atoms with Gasteiger partial charge < -0.3 is 10.6 Å². The summed E-state index contributed by atoms with van der Waals surface area (Å²) < 4.78 is 0. The van der Waals surface area contributed by atoms with Crippen LogP contribution in [0.5, 0.6) is 0 Å². The second-order valence-electron chi connectivity index (χ2n) is 5.60. The summed E-state index contributed by atoms with van der Waals surface area (Å²) in [6, 6.07) is 1.75. The number of amides is 1. The first-order chi connectivity index (χ1) is 7.36. The van der Waals surface area contributed by atoms with E-state index in [-0.39, 0.29) is 17.2 Å². The monoisotopic (exact) mass is 223 g/mol. The molecule has 0 bridgehead atoms. The largest absolute Gasteiger partial charge is 0.340 e. The number of likely N-dealkylation sites (tertiary alicyclic amines) is 1. The zero-order valence-electron chi connectivity index (χ0n) is 10.4. The molecule has 0 aromatic heterocycles. The highest BCUT2D eigenvalue weighted by Crippen LogP contribution is 2.22. The molecule has 0 saturated carbocycles. The maximum absolute atomic E-state index is 12.1. The number of hydrogen-bond donors (Lipinski definition) is 1. The molecule has 2 atom stereocenters. The van der Waals surface area contributed by atoms with E-state index in [1.54, 1.807) is 4.90 Å². The Hall–Kier alpha value is -1.08. The van der Waals surface area contributed by atoms with Gasteiger partial charge in [0, 0.05) is 13.1 Å². The average molecular weight is 223 g/mol. The normalized spacial score (nSPS) is 23.7. The standard InChI is InChI=1S/C12H21N3O/c1-12(2,3)10(14)11(16)15-6-4-5-9(7-13)8-15/h9-10H,4-6,8,14H2,1-3H3/t9-,10+/m1/s1. The number of rotatable bonds is 1. The second-order valence-corrected chi connectivity index (χ2v) is 5.60. The Morgan fingerprint density at radius 1 is 1.56 bits per heavy atom. The molecule has 1 fully saturated rings. The molecule has 90 valence electrons. The first-order valence-electron chi connectivity index (χ1n) is 5.80. The molecule has 1 aliphatic rings. The molecule has 0 radical (unpaired) electrons. The fourth-order valence-corrected chi connectivity index (χ4v) is 1.85. The van der Waals surface area contributed by atoms with Crippen LogP contribution in [0.25, 0.3) is 0 Å². The molecular weight excluding hydrogens is 202 g/mol. The number of hydrogen-bond acceptors (Lipinski definition) is 3. The Balaban J connectivity index is 2.64. The minimum absolute atomic E-state index is 0.0209. The lowest BCUT2D eigenvalue weighted by molar-refractivity contribution is -0.136. The maximum atomic E-state index is 12.1. The minimum Gasteiger partial charge on any atom is -0.340 e. The predicted octanol–water partition coefficient (Wildman–Crippen LogP) is 1.12. The first-order valence-corrected chi connectivity index (χ1v) is 5.80. The highest BCUT2D eigenvalue weighted by atomic mass is 16.2. The smallest absolute Gasteiger partial charge is 0.240 e. The van der Waals surface area contributed by atoms with E-state index in [9.17, 15) is 4.79 Å². The number of nitrogens with two attached hydrogens (primary N) is 1. The molecule has 0 unspecified atom stereocenters. The fraction of sp³-hybridized carbons (Fsp3) is 0.833. The lowest BCUT2D eigenvalue weighted by Crippen LogP contribution is -2.52. The second kappa shape index (κ2) is 4.84. The molecule has 1 aliphatic heterocycles. The van der Waals surface area contributed by atoms with Crippen molar-refractivity contribution in [2.75, 3.05) is 13.1 Å². The van der Waals surface area contributed by atoms with Crippen molar-refractivity contribution in [1.82, 2.24) is 4.90 Å². The van der Waals surface area contributed by atoms with Gasteiger partial charge in [-0.05, 0) is 18.3 Å². The van der Waals surface area contributed by atoms with Crippen LogP contribution in [0.4, 0.5) is 0 Å². The van der Waals surface area contributed by atoms with Crippen molar-refractivity contribution < 1.29 is 4.79 Å². The van der Waals surface area contributed by atoms with Crippen molar-refractivity contribution in [3.63, 3.8) is 0 Å². The van der Waals surface area contributed by atoms with Gasteiger partial charge in [0.2, 0.25) is 5.91 Å². The molecule has 1 saturated heterocycles. The molecule has 4 heteroatoms. The number of carbonyl (C=O) groups excluding carboxylic acids is 1. The summed E-state index contributed by atoms with van der Waals surface area (Å²) >= 11 is 0. The highest BCUT2D eigenvalue weighted by molar-refractivity contribution is 5.82. The molecule has 1 rings (SSSR count). The average Bonchev–Trinajstić information content (AvgIpc) is 2.26. The van der Waals surface area contributed by atoms with Gasteiger partial charge in [-0.2, -0.15) is 5.26 Å². The summed E-state index contributed by atoms with van der Waals surface area (Å²) in [5, 5.41) is 8.87. The van der Waals surface area contributed by atoms with E-state index in [2.05, 4.69) is 6.07 Å². The van der Waals surface area contributed by atoms with E-state index >= 15 is 0 Å². The highest BCUT2D eigenvalue weighted by Gasteiger charge is 2.33. The third-order valence-electron chi connectivity index (χ3n) is 3.11. The summed E-state index contributed by atoms with van der Waals surface area (Å²) in [5.41, 5.74) is 5.71. The maximum Gasteiger partial charge on any atom is 0.240 e. The van der Waals surface area contributed by atoms with Crippen LogP contribution >= 0.6 is 0 Å². The molecule has 1 amide bonds. The number of carbonyl (C=O) groups is 1. The van der Waals surface area contributed by atoms with Crippen LogP contribution in [-0.2, 0) is 4.79 Å². The SMILES string of the molecule is CC(C)(C)[C@@H](N)C(=O)N1CCC[C@H](C#N)C1. The van der Waals surface area contributed by atoms with Gasteiger partial charge in [-0.3, -0.25) is 4.79 Å². The lowest BCUT2D eigenvalue weighted by Gasteiger charge is -2.35. The summed E-state index contributed by atoms with van der Waals surface area (Å²) in [5.74, 6) is -0.0441. The Morgan fingerprint density at radius 2 is 2.19 bits per heavy atom. The van der Waals surface area contributed by atoms with Gasteiger partial charge >= 0.3 is 0 Å². The number of piperidine rings is 1. The van der Waals surface area contributed by atoms with Crippen molar-refractivity contribution in [2.24, 2.45) is 17.1 Å². The van der Waals surface area contributed by atoms with Crippen LogP contribution in [0.3, 0.4) is 0 Å². The van der Waals surface area contributed by atoms with Crippen LogP contribution in [0.15, 0.2) is 0 Å².